The highest BCUT2D eigenvalue weighted by atomic mass is 16.3. The fourth-order valence-electron chi connectivity index (χ4n) is 2.42. The van der Waals surface area contributed by atoms with Crippen LogP contribution in [-0.4, -0.2) is 28.6 Å². The Balaban J connectivity index is 1.74. The summed E-state index contributed by atoms with van der Waals surface area (Å²) in [6.07, 6.45) is 7.63. The van der Waals surface area contributed by atoms with Crippen LogP contribution in [0.15, 0.2) is 24.5 Å². The summed E-state index contributed by atoms with van der Waals surface area (Å²) in [7, 11) is 0. The van der Waals surface area contributed by atoms with Crippen LogP contribution in [0.4, 0.5) is 0 Å². The van der Waals surface area contributed by atoms with Crippen LogP contribution >= 0.6 is 0 Å². The van der Waals surface area contributed by atoms with E-state index in [1.807, 2.05) is 12.1 Å². The molecule has 18 heavy (non-hydrogen) atoms. The van der Waals surface area contributed by atoms with Gasteiger partial charge in [0.05, 0.1) is 12.5 Å². The minimum Gasteiger partial charge on any atom is -0.393 e. The average Bonchev–Trinajstić information content (AvgIpc) is 2.39. The Bertz CT molecular complexity index is 381. The molecule has 1 aromatic rings. The van der Waals surface area contributed by atoms with E-state index in [0.717, 1.165) is 31.2 Å². The van der Waals surface area contributed by atoms with Crippen LogP contribution in [0.3, 0.4) is 0 Å². The van der Waals surface area contributed by atoms with Gasteiger partial charge in [-0.3, -0.25) is 9.78 Å². The molecule has 2 unspecified atom stereocenters. The summed E-state index contributed by atoms with van der Waals surface area (Å²) in [5.41, 5.74) is 0.916. The molecule has 2 atom stereocenters. The Morgan fingerprint density at radius 1 is 1.44 bits per heavy atom. The lowest BCUT2D eigenvalue weighted by Crippen LogP contribution is -2.37. The summed E-state index contributed by atoms with van der Waals surface area (Å²) in [5.74, 6) is 0.220. The first-order valence-corrected chi connectivity index (χ1v) is 6.59. The van der Waals surface area contributed by atoms with Gasteiger partial charge in [-0.2, -0.15) is 0 Å². The van der Waals surface area contributed by atoms with Gasteiger partial charge in [0, 0.05) is 24.9 Å². The molecule has 0 saturated heterocycles. The van der Waals surface area contributed by atoms with Gasteiger partial charge in [-0.15, -0.1) is 0 Å². The second-order valence-corrected chi connectivity index (χ2v) is 4.95. The van der Waals surface area contributed by atoms with Gasteiger partial charge < -0.3 is 10.4 Å². The van der Waals surface area contributed by atoms with Crippen LogP contribution in [0.25, 0.3) is 0 Å². The van der Waals surface area contributed by atoms with Crippen molar-refractivity contribution in [2.24, 2.45) is 5.92 Å². The van der Waals surface area contributed by atoms with E-state index in [1.165, 1.54) is 0 Å². The van der Waals surface area contributed by atoms with E-state index in [-0.39, 0.29) is 17.9 Å². The SMILES string of the molecule is O=C(Cc1cccnc1)NCC1CCCCC1O. The number of hydrogen-bond donors (Lipinski definition) is 2. The zero-order valence-electron chi connectivity index (χ0n) is 10.5. The minimum absolute atomic E-state index is 0.000716. The summed E-state index contributed by atoms with van der Waals surface area (Å²) in [5, 5.41) is 12.7. The lowest BCUT2D eigenvalue weighted by Gasteiger charge is -2.27. The summed E-state index contributed by atoms with van der Waals surface area (Å²) in [6.45, 7) is 0.584. The van der Waals surface area contributed by atoms with E-state index in [2.05, 4.69) is 10.3 Å². The molecule has 1 aliphatic rings. The molecular formula is C14H20N2O2. The van der Waals surface area contributed by atoms with Crippen LogP contribution in [0, 0.1) is 5.92 Å². The van der Waals surface area contributed by atoms with Crippen molar-refractivity contribution in [3.8, 4) is 0 Å². The molecule has 0 bridgehead atoms. The molecule has 1 heterocycles. The van der Waals surface area contributed by atoms with Crippen molar-refractivity contribution in [3.63, 3.8) is 0 Å². The number of carbonyl (C=O) groups excluding carboxylic acids is 1. The van der Waals surface area contributed by atoms with E-state index < -0.39 is 0 Å². The Hall–Kier alpha value is -1.42. The van der Waals surface area contributed by atoms with Gasteiger partial charge in [0.15, 0.2) is 0 Å². The van der Waals surface area contributed by atoms with E-state index in [4.69, 9.17) is 0 Å². The third kappa shape index (κ3) is 3.81. The maximum absolute atomic E-state index is 11.7. The second-order valence-electron chi connectivity index (χ2n) is 4.95. The molecule has 1 fully saturated rings. The lowest BCUT2D eigenvalue weighted by atomic mass is 9.86. The summed E-state index contributed by atoms with van der Waals surface area (Å²) in [4.78, 5) is 15.7. The van der Waals surface area contributed by atoms with Crippen molar-refractivity contribution >= 4 is 5.91 Å². The number of aliphatic hydroxyl groups excluding tert-OH is 1. The van der Waals surface area contributed by atoms with Crippen LogP contribution in [0.2, 0.25) is 0 Å². The van der Waals surface area contributed by atoms with Gasteiger partial charge in [-0.1, -0.05) is 18.9 Å². The van der Waals surface area contributed by atoms with Gasteiger partial charge in [-0.25, -0.2) is 0 Å². The number of aliphatic hydroxyl groups is 1. The molecule has 98 valence electrons. The molecule has 2 N–H and O–H groups in total. The number of amides is 1. The predicted molar refractivity (Wildman–Crippen MR) is 68.9 cm³/mol. The molecule has 1 aromatic heterocycles. The maximum atomic E-state index is 11.7. The molecule has 1 saturated carbocycles. The van der Waals surface area contributed by atoms with Gasteiger partial charge in [0.1, 0.15) is 0 Å². The van der Waals surface area contributed by atoms with E-state index in [1.54, 1.807) is 12.4 Å². The molecule has 0 aliphatic heterocycles. The standard InChI is InChI=1S/C14H20N2O2/c17-13-6-2-1-5-12(13)10-16-14(18)8-11-4-3-7-15-9-11/h3-4,7,9,12-13,17H,1-2,5-6,8,10H2,(H,16,18). The Labute approximate surface area is 107 Å². The summed E-state index contributed by atoms with van der Waals surface area (Å²) < 4.78 is 0. The number of pyridine rings is 1. The van der Waals surface area contributed by atoms with Crippen LogP contribution in [0.5, 0.6) is 0 Å². The largest absolute Gasteiger partial charge is 0.393 e. The molecule has 0 radical (unpaired) electrons. The molecule has 0 spiro atoms. The normalized spacial score (nSPS) is 23.6. The van der Waals surface area contributed by atoms with Crippen LogP contribution in [0.1, 0.15) is 31.2 Å². The molecule has 1 amide bonds. The summed E-state index contributed by atoms with van der Waals surface area (Å²) >= 11 is 0. The highest BCUT2D eigenvalue weighted by molar-refractivity contribution is 5.78. The third-order valence-electron chi connectivity index (χ3n) is 3.52. The van der Waals surface area contributed by atoms with Gasteiger partial charge in [0.25, 0.3) is 0 Å². The molecule has 1 aliphatic carbocycles. The number of rotatable bonds is 4. The van der Waals surface area contributed by atoms with Crippen molar-refractivity contribution < 1.29 is 9.90 Å². The second kappa shape index (κ2) is 6.50. The quantitative estimate of drug-likeness (QED) is 0.844. The van der Waals surface area contributed by atoms with Crippen molar-refractivity contribution in [1.82, 2.24) is 10.3 Å². The number of nitrogens with one attached hydrogen (secondary N) is 1. The highest BCUT2D eigenvalue weighted by Crippen LogP contribution is 2.23. The molecule has 4 heteroatoms. The zero-order chi connectivity index (χ0) is 12.8. The first kappa shape index (κ1) is 13.0. The predicted octanol–water partition coefficient (Wildman–Crippen LogP) is 1.29. The van der Waals surface area contributed by atoms with Crippen molar-refractivity contribution in [1.29, 1.82) is 0 Å². The lowest BCUT2D eigenvalue weighted by molar-refractivity contribution is -0.120. The van der Waals surface area contributed by atoms with Gasteiger partial charge >= 0.3 is 0 Å². The smallest absolute Gasteiger partial charge is 0.224 e. The first-order chi connectivity index (χ1) is 8.75. The zero-order valence-corrected chi connectivity index (χ0v) is 10.5. The minimum atomic E-state index is -0.252. The molecule has 4 nitrogen and oxygen atoms in total. The number of carbonyl (C=O) groups is 1. The van der Waals surface area contributed by atoms with E-state index in [9.17, 15) is 9.90 Å². The fraction of sp³-hybridized carbons (Fsp3) is 0.571. The highest BCUT2D eigenvalue weighted by Gasteiger charge is 2.23. The van der Waals surface area contributed by atoms with Crippen molar-refractivity contribution in [3.05, 3.63) is 30.1 Å². The molecular weight excluding hydrogens is 228 g/mol. The molecule has 0 aromatic carbocycles. The van der Waals surface area contributed by atoms with Gasteiger partial charge in [0.2, 0.25) is 5.91 Å². The maximum Gasteiger partial charge on any atom is 0.224 e. The third-order valence-corrected chi connectivity index (χ3v) is 3.52. The number of hydrogen-bond acceptors (Lipinski definition) is 3. The number of nitrogens with zero attached hydrogens (tertiary/aromatic N) is 1. The van der Waals surface area contributed by atoms with E-state index in [0.29, 0.717) is 13.0 Å². The monoisotopic (exact) mass is 248 g/mol. The van der Waals surface area contributed by atoms with Crippen molar-refractivity contribution in [2.75, 3.05) is 6.54 Å². The average molecular weight is 248 g/mol. The first-order valence-electron chi connectivity index (χ1n) is 6.59. The Morgan fingerprint density at radius 2 is 2.28 bits per heavy atom. The molecule has 2 rings (SSSR count). The van der Waals surface area contributed by atoms with E-state index >= 15 is 0 Å². The van der Waals surface area contributed by atoms with Crippen LogP contribution in [-0.2, 0) is 11.2 Å². The fourth-order valence-corrected chi connectivity index (χ4v) is 2.42. The Morgan fingerprint density at radius 3 is 3.00 bits per heavy atom. The topological polar surface area (TPSA) is 62.2 Å². The van der Waals surface area contributed by atoms with Crippen molar-refractivity contribution in [2.45, 2.75) is 38.2 Å². The number of aromatic nitrogens is 1. The van der Waals surface area contributed by atoms with Gasteiger partial charge in [-0.05, 0) is 24.5 Å². The summed E-state index contributed by atoms with van der Waals surface area (Å²) in [6, 6.07) is 3.72. The Kier molecular flexibility index (Phi) is 4.70. The van der Waals surface area contributed by atoms with Crippen LogP contribution < -0.4 is 5.32 Å².